The molecule has 0 saturated heterocycles. The van der Waals surface area contributed by atoms with Crippen molar-refractivity contribution in [2.24, 2.45) is 0 Å². The number of aromatic nitrogens is 2. The monoisotopic (exact) mass is 399 g/mol. The Hall–Kier alpha value is -3.13. The lowest BCUT2D eigenvalue weighted by Gasteiger charge is -2.18. The van der Waals surface area contributed by atoms with E-state index in [1.807, 2.05) is 40.9 Å². The Morgan fingerprint density at radius 2 is 1.63 bits per heavy atom. The predicted octanol–water partition coefficient (Wildman–Crippen LogP) is 6.81. The van der Waals surface area contributed by atoms with Gasteiger partial charge in [-0.2, -0.15) is 4.40 Å². The van der Waals surface area contributed by atoms with Gasteiger partial charge in [0.1, 0.15) is 18.3 Å². The molecule has 0 unspecified atom stereocenters. The molecule has 2 nitrogen and oxygen atoms in total. The fourth-order valence-electron chi connectivity index (χ4n) is 5.06. The molecule has 3 heterocycles. The van der Waals surface area contributed by atoms with Gasteiger partial charge in [0.2, 0.25) is 0 Å². The molecule has 0 N–H and O–H groups in total. The molecule has 0 atom stereocenters. The van der Waals surface area contributed by atoms with Crippen molar-refractivity contribution < 1.29 is 15.5 Å². The first-order chi connectivity index (χ1) is 17.7. The van der Waals surface area contributed by atoms with E-state index in [4.69, 9.17) is 11.0 Å². The highest BCUT2D eigenvalue weighted by Gasteiger charge is 2.32. The maximum atomic E-state index is 9.07. The molecule has 0 amide bonds. The molecule has 30 heavy (non-hydrogen) atoms. The minimum Gasteiger partial charge on any atom is -0.225 e. The third-order valence-electron chi connectivity index (χ3n) is 6.28. The van der Waals surface area contributed by atoms with Crippen LogP contribution in [0.2, 0.25) is 0 Å². The van der Waals surface area contributed by atoms with Crippen LogP contribution in [0.1, 0.15) is 67.0 Å². The van der Waals surface area contributed by atoms with Crippen LogP contribution in [-0.2, 0) is 6.54 Å². The molecular weight excluding hydrogens is 364 g/mol. The normalized spacial score (nSPS) is 18.6. The van der Waals surface area contributed by atoms with E-state index in [2.05, 4.69) is 16.7 Å². The minimum atomic E-state index is -3.15. The molecule has 6 rings (SSSR count). The van der Waals surface area contributed by atoms with Gasteiger partial charge >= 0.3 is 0 Å². The van der Waals surface area contributed by atoms with Gasteiger partial charge in [-0.25, -0.2) is 4.57 Å². The number of rotatable bonds is 3. The number of benzene rings is 3. The summed E-state index contributed by atoms with van der Waals surface area (Å²) in [6.07, 6.45) is 1.91. The summed E-state index contributed by atoms with van der Waals surface area (Å²) in [6, 6.07) is 18.9. The average Bonchev–Trinajstić information content (AvgIpc) is 3.37. The van der Waals surface area contributed by atoms with Crippen molar-refractivity contribution in [3.63, 3.8) is 0 Å². The number of fused-ring (bicyclic) bond motifs is 3. The Morgan fingerprint density at radius 1 is 0.900 bits per heavy atom. The second-order valence-electron chi connectivity index (χ2n) is 8.26. The maximum absolute atomic E-state index is 9.07. The minimum absolute atomic E-state index is 0.125. The molecule has 0 bridgehead atoms. The Labute approximate surface area is 188 Å². The summed E-state index contributed by atoms with van der Waals surface area (Å²) in [5.41, 5.74) is 4.19. The van der Waals surface area contributed by atoms with Gasteiger partial charge in [0.05, 0.1) is 5.39 Å². The third kappa shape index (κ3) is 2.22. The molecule has 2 aromatic heterocycles. The molecule has 2 heteroatoms. The highest BCUT2D eigenvalue weighted by atomic mass is 15.1. The molecule has 5 aromatic rings. The number of para-hydroxylation sites is 1. The molecular formula is C28H27N2+. The summed E-state index contributed by atoms with van der Waals surface area (Å²) in [4.78, 5) is 0. The highest BCUT2D eigenvalue weighted by molar-refractivity contribution is 6.13. The largest absolute Gasteiger partial charge is 0.295 e. The van der Waals surface area contributed by atoms with Crippen molar-refractivity contribution in [3.05, 3.63) is 83.6 Å². The van der Waals surface area contributed by atoms with Gasteiger partial charge in [0.15, 0.2) is 5.69 Å². The Bertz CT molecular complexity index is 1760. The van der Waals surface area contributed by atoms with Crippen LogP contribution in [0.4, 0.5) is 0 Å². The zero-order chi connectivity index (χ0) is 27.4. The lowest BCUT2D eigenvalue weighted by atomic mass is 9.87. The second-order valence-corrected chi connectivity index (χ2v) is 8.26. The van der Waals surface area contributed by atoms with Gasteiger partial charge in [-0.15, -0.1) is 0 Å². The first-order valence-electron chi connectivity index (χ1n) is 14.2. The summed E-state index contributed by atoms with van der Waals surface area (Å²) < 4.78 is 71.4. The van der Waals surface area contributed by atoms with E-state index < -0.39 is 25.5 Å². The summed E-state index contributed by atoms with van der Waals surface area (Å²) in [5, 5.41) is 3.21. The molecule has 0 aliphatic carbocycles. The zero-order valence-electron chi connectivity index (χ0n) is 25.0. The quantitative estimate of drug-likeness (QED) is 0.228. The Balaban J connectivity index is 1.86. The molecule has 3 aromatic carbocycles. The van der Waals surface area contributed by atoms with E-state index in [1.165, 1.54) is 11.6 Å². The van der Waals surface area contributed by atoms with Crippen molar-refractivity contribution in [2.75, 3.05) is 0 Å². The van der Waals surface area contributed by atoms with Crippen molar-refractivity contribution in [1.29, 1.82) is 0 Å². The summed E-state index contributed by atoms with van der Waals surface area (Å²) in [6.45, 7) is -2.32. The van der Waals surface area contributed by atoms with E-state index in [0.717, 1.165) is 27.3 Å². The van der Waals surface area contributed by atoms with Gasteiger partial charge in [-0.1, -0.05) is 82.1 Å². The van der Waals surface area contributed by atoms with Crippen LogP contribution >= 0.6 is 0 Å². The van der Waals surface area contributed by atoms with Gasteiger partial charge in [0, 0.05) is 32.9 Å². The second kappa shape index (κ2) is 6.18. The van der Waals surface area contributed by atoms with Gasteiger partial charge in [-0.3, -0.25) is 0 Å². The SMILES string of the molecule is [2H]C(C)(C)c1cccc(C([2H])(C([2H])([2H])[2H])C([2H])([2H])[2H])c1-c1c[n+]2c3c4c(cccc4c4ccccc4n13)C2. The number of pyridine rings is 1. The van der Waals surface area contributed by atoms with Crippen molar-refractivity contribution >= 4 is 27.3 Å². The van der Waals surface area contributed by atoms with Crippen molar-refractivity contribution in [2.45, 2.75) is 45.9 Å². The average molecular weight is 400 g/mol. The molecule has 148 valence electrons. The Kier molecular flexibility index (Phi) is 2.33. The number of imidazole rings is 1. The highest BCUT2D eigenvalue weighted by Crippen LogP contribution is 2.41. The molecule has 1 aliphatic rings. The van der Waals surface area contributed by atoms with Crippen LogP contribution in [0.3, 0.4) is 0 Å². The van der Waals surface area contributed by atoms with Crippen LogP contribution in [0, 0.1) is 0 Å². The van der Waals surface area contributed by atoms with Crippen LogP contribution in [0.5, 0.6) is 0 Å². The van der Waals surface area contributed by atoms with Crippen LogP contribution in [-0.4, -0.2) is 4.40 Å². The van der Waals surface area contributed by atoms with Gasteiger partial charge in [0.25, 0.3) is 5.65 Å². The summed E-state index contributed by atoms with van der Waals surface area (Å²) >= 11 is 0. The topological polar surface area (TPSA) is 8.29 Å². The number of hydrogen-bond donors (Lipinski definition) is 0. The zero-order valence-corrected chi connectivity index (χ0v) is 17.0. The van der Waals surface area contributed by atoms with E-state index in [1.54, 1.807) is 26.0 Å². The summed E-state index contributed by atoms with van der Waals surface area (Å²) in [7, 11) is 0. The van der Waals surface area contributed by atoms with Crippen LogP contribution < -0.4 is 4.57 Å². The first kappa shape index (κ1) is 11.3. The van der Waals surface area contributed by atoms with E-state index in [9.17, 15) is 0 Å². The van der Waals surface area contributed by atoms with Gasteiger partial charge in [-0.05, 0) is 29.0 Å². The third-order valence-corrected chi connectivity index (χ3v) is 6.28. The van der Waals surface area contributed by atoms with E-state index in [0.29, 0.717) is 23.4 Å². The smallest absolute Gasteiger partial charge is 0.225 e. The maximum Gasteiger partial charge on any atom is 0.295 e. The standard InChI is InChI=1S/C28H27N2/c1-17(2)20-11-8-12-21(18(3)4)27(20)25-16-29-15-19-9-7-13-23-22-10-5-6-14-24(22)30(25)28(29)26(19)23/h5-14,16-18H,15H2,1-4H3/q+1/i1D3,2D3,17D,18D. The van der Waals surface area contributed by atoms with Crippen LogP contribution in [0.15, 0.2) is 66.9 Å². The lowest BCUT2D eigenvalue weighted by Crippen LogP contribution is -2.28. The van der Waals surface area contributed by atoms with Crippen molar-refractivity contribution in [3.8, 4) is 11.3 Å². The molecule has 1 aliphatic heterocycles. The molecule has 0 radical (unpaired) electrons. The fraction of sp³-hybridized carbons (Fsp3) is 0.250. The van der Waals surface area contributed by atoms with Gasteiger partial charge < -0.3 is 0 Å². The molecule has 0 spiro atoms. The van der Waals surface area contributed by atoms with Crippen LogP contribution in [0.25, 0.3) is 38.6 Å². The molecule has 0 fully saturated rings. The van der Waals surface area contributed by atoms with E-state index >= 15 is 0 Å². The summed E-state index contributed by atoms with van der Waals surface area (Å²) in [5.74, 6) is -4.11. The number of hydrogen-bond acceptors (Lipinski definition) is 0. The predicted molar refractivity (Wildman–Crippen MR) is 125 cm³/mol. The number of nitrogens with zero attached hydrogens (tertiary/aromatic N) is 2. The van der Waals surface area contributed by atoms with E-state index in [-0.39, 0.29) is 5.56 Å². The Morgan fingerprint density at radius 3 is 2.43 bits per heavy atom. The lowest BCUT2D eigenvalue weighted by molar-refractivity contribution is -0.657. The molecule has 0 saturated carbocycles. The first-order valence-corrected chi connectivity index (χ1v) is 10.2. The van der Waals surface area contributed by atoms with Crippen molar-refractivity contribution in [1.82, 2.24) is 4.40 Å². The fourth-order valence-corrected chi connectivity index (χ4v) is 5.06.